The highest BCUT2D eigenvalue weighted by atomic mass is 79.9. The zero-order valence-corrected chi connectivity index (χ0v) is 13.7. The maximum Gasteiger partial charge on any atom is 0.264 e. The minimum atomic E-state index is -3.69. The number of nitrogens with zero attached hydrogens (tertiary/aromatic N) is 2. The standard InChI is InChI=1S/C12H15BrN4O2S/c1-12(2,3)10-5-11(16-15-10)17-20(18,19)9-4-8(13)6-14-7-9/h4-7H,1-3H3,(H2,15,16,17). The zero-order valence-electron chi connectivity index (χ0n) is 11.3. The Morgan fingerprint density at radius 2 is 1.95 bits per heavy atom. The van der Waals surface area contributed by atoms with E-state index in [-0.39, 0.29) is 16.1 Å². The van der Waals surface area contributed by atoms with Crippen LogP contribution in [0.2, 0.25) is 0 Å². The minimum Gasteiger partial charge on any atom is -0.280 e. The molecule has 2 aromatic rings. The van der Waals surface area contributed by atoms with E-state index in [2.05, 4.69) is 35.8 Å². The predicted octanol–water partition coefficient (Wildman–Crippen LogP) is 2.67. The number of halogens is 1. The number of anilines is 1. The van der Waals surface area contributed by atoms with Gasteiger partial charge in [-0.3, -0.25) is 14.8 Å². The van der Waals surface area contributed by atoms with Gasteiger partial charge >= 0.3 is 0 Å². The maximum absolute atomic E-state index is 12.2. The van der Waals surface area contributed by atoms with Crippen LogP contribution in [-0.4, -0.2) is 23.6 Å². The summed E-state index contributed by atoms with van der Waals surface area (Å²) in [5, 5.41) is 6.80. The van der Waals surface area contributed by atoms with Crippen LogP contribution in [0.1, 0.15) is 26.5 Å². The SMILES string of the molecule is CC(C)(C)c1cc(NS(=O)(=O)c2cncc(Br)c2)n[nH]1. The fraction of sp³-hybridized carbons (Fsp3) is 0.333. The quantitative estimate of drug-likeness (QED) is 0.882. The van der Waals surface area contributed by atoms with E-state index in [4.69, 9.17) is 0 Å². The molecule has 0 spiro atoms. The molecule has 2 heterocycles. The van der Waals surface area contributed by atoms with Gasteiger partial charge in [-0.15, -0.1) is 0 Å². The summed E-state index contributed by atoms with van der Waals surface area (Å²) in [5.74, 6) is 0.259. The summed E-state index contributed by atoms with van der Waals surface area (Å²) in [6.45, 7) is 6.03. The summed E-state index contributed by atoms with van der Waals surface area (Å²) < 4.78 is 27.4. The van der Waals surface area contributed by atoms with Crippen molar-refractivity contribution in [3.63, 3.8) is 0 Å². The number of rotatable bonds is 3. The topological polar surface area (TPSA) is 87.7 Å². The van der Waals surface area contributed by atoms with Crippen molar-refractivity contribution < 1.29 is 8.42 Å². The molecule has 0 unspecified atom stereocenters. The Morgan fingerprint density at radius 3 is 2.50 bits per heavy atom. The van der Waals surface area contributed by atoms with E-state index < -0.39 is 10.0 Å². The zero-order chi connectivity index (χ0) is 15.0. The number of sulfonamides is 1. The van der Waals surface area contributed by atoms with Crippen molar-refractivity contribution in [3.8, 4) is 0 Å². The summed E-state index contributed by atoms with van der Waals surface area (Å²) >= 11 is 3.19. The number of hydrogen-bond acceptors (Lipinski definition) is 4. The molecule has 0 atom stereocenters. The van der Waals surface area contributed by atoms with E-state index in [0.29, 0.717) is 4.47 Å². The van der Waals surface area contributed by atoms with Crippen molar-refractivity contribution in [2.24, 2.45) is 0 Å². The first-order valence-electron chi connectivity index (χ1n) is 5.88. The molecule has 2 rings (SSSR count). The predicted molar refractivity (Wildman–Crippen MR) is 80.0 cm³/mol. The molecule has 0 aliphatic heterocycles. The van der Waals surface area contributed by atoms with Gasteiger partial charge in [0, 0.05) is 34.0 Å². The van der Waals surface area contributed by atoms with E-state index in [1.165, 1.54) is 18.5 Å². The molecule has 8 heteroatoms. The lowest BCUT2D eigenvalue weighted by Gasteiger charge is -2.14. The molecular formula is C12H15BrN4O2S. The molecule has 108 valence electrons. The molecule has 0 amide bonds. The molecular weight excluding hydrogens is 344 g/mol. The van der Waals surface area contributed by atoms with Crippen molar-refractivity contribution in [3.05, 3.63) is 34.7 Å². The minimum absolute atomic E-state index is 0.0761. The Bertz CT molecular complexity index is 719. The Balaban J connectivity index is 2.27. The summed E-state index contributed by atoms with van der Waals surface area (Å²) in [7, 11) is -3.69. The first kappa shape index (κ1) is 15.0. The normalized spacial score (nSPS) is 12.4. The molecule has 0 saturated heterocycles. The highest BCUT2D eigenvalue weighted by Gasteiger charge is 2.20. The summed E-state index contributed by atoms with van der Waals surface area (Å²) in [6.07, 6.45) is 2.80. The molecule has 0 aliphatic carbocycles. The Hall–Kier alpha value is -1.41. The van der Waals surface area contributed by atoms with E-state index >= 15 is 0 Å². The molecule has 2 N–H and O–H groups in total. The molecule has 2 aromatic heterocycles. The lowest BCUT2D eigenvalue weighted by molar-refractivity contribution is 0.567. The van der Waals surface area contributed by atoms with Crippen LogP contribution >= 0.6 is 15.9 Å². The number of H-pyrrole nitrogens is 1. The molecule has 6 nitrogen and oxygen atoms in total. The third-order valence-electron chi connectivity index (χ3n) is 2.61. The first-order valence-corrected chi connectivity index (χ1v) is 8.15. The van der Waals surface area contributed by atoms with Crippen LogP contribution in [-0.2, 0) is 15.4 Å². The van der Waals surface area contributed by atoms with Crippen molar-refractivity contribution in [2.75, 3.05) is 4.72 Å². The molecule has 0 aromatic carbocycles. The average Bonchev–Trinajstić information content (AvgIpc) is 2.76. The van der Waals surface area contributed by atoms with Gasteiger partial charge in [0.25, 0.3) is 10.0 Å². The first-order chi connectivity index (χ1) is 9.18. The summed E-state index contributed by atoms with van der Waals surface area (Å²) in [6, 6.07) is 3.16. The molecule has 20 heavy (non-hydrogen) atoms. The van der Waals surface area contributed by atoms with Gasteiger partial charge in [0.2, 0.25) is 0 Å². The number of aromatic amines is 1. The third kappa shape index (κ3) is 3.37. The second-order valence-corrected chi connectivity index (χ2v) is 7.96. The van der Waals surface area contributed by atoms with Gasteiger partial charge in [0.05, 0.1) is 0 Å². The lowest BCUT2D eigenvalue weighted by atomic mass is 9.92. The van der Waals surface area contributed by atoms with Gasteiger partial charge in [0.1, 0.15) is 4.90 Å². The second-order valence-electron chi connectivity index (χ2n) is 5.36. The fourth-order valence-corrected chi connectivity index (χ4v) is 2.99. The molecule has 0 aliphatic rings. The number of hydrogen-bond donors (Lipinski definition) is 2. The fourth-order valence-electron chi connectivity index (χ4n) is 1.49. The van der Waals surface area contributed by atoms with Gasteiger partial charge in [-0.2, -0.15) is 5.10 Å². The second kappa shape index (κ2) is 5.17. The Labute approximate surface area is 126 Å². The Morgan fingerprint density at radius 1 is 1.25 bits per heavy atom. The molecule has 0 bridgehead atoms. The van der Waals surface area contributed by atoms with Crippen molar-refractivity contribution >= 4 is 31.8 Å². The van der Waals surface area contributed by atoms with Crippen LogP contribution in [0.15, 0.2) is 33.9 Å². The maximum atomic E-state index is 12.2. The van der Waals surface area contributed by atoms with E-state index in [1.807, 2.05) is 20.8 Å². The highest BCUT2D eigenvalue weighted by Crippen LogP contribution is 2.23. The molecule has 0 radical (unpaired) electrons. The molecule has 0 saturated carbocycles. The highest BCUT2D eigenvalue weighted by molar-refractivity contribution is 9.10. The lowest BCUT2D eigenvalue weighted by Crippen LogP contribution is -2.13. The number of nitrogens with one attached hydrogen (secondary N) is 2. The number of aromatic nitrogens is 3. The van der Waals surface area contributed by atoms with Gasteiger partial charge in [-0.25, -0.2) is 8.42 Å². The van der Waals surface area contributed by atoms with Crippen LogP contribution in [0.25, 0.3) is 0 Å². The monoisotopic (exact) mass is 358 g/mol. The summed E-state index contributed by atoms with van der Waals surface area (Å²) in [4.78, 5) is 3.92. The summed E-state index contributed by atoms with van der Waals surface area (Å²) in [5.41, 5.74) is 0.719. The number of pyridine rings is 1. The largest absolute Gasteiger partial charge is 0.280 e. The van der Waals surface area contributed by atoms with Crippen molar-refractivity contribution in [1.82, 2.24) is 15.2 Å². The van der Waals surface area contributed by atoms with Crippen LogP contribution in [0.4, 0.5) is 5.82 Å². The van der Waals surface area contributed by atoms with Crippen LogP contribution < -0.4 is 4.72 Å². The van der Waals surface area contributed by atoms with Gasteiger partial charge < -0.3 is 0 Å². The Kier molecular flexibility index (Phi) is 3.88. The average molecular weight is 359 g/mol. The van der Waals surface area contributed by atoms with Crippen LogP contribution in [0, 0.1) is 0 Å². The smallest absolute Gasteiger partial charge is 0.264 e. The van der Waals surface area contributed by atoms with Gasteiger partial charge in [-0.05, 0) is 22.0 Å². The van der Waals surface area contributed by atoms with E-state index in [9.17, 15) is 8.42 Å². The van der Waals surface area contributed by atoms with E-state index in [0.717, 1.165) is 5.69 Å². The third-order valence-corrected chi connectivity index (χ3v) is 4.37. The van der Waals surface area contributed by atoms with Crippen molar-refractivity contribution in [1.29, 1.82) is 0 Å². The van der Waals surface area contributed by atoms with Crippen LogP contribution in [0.5, 0.6) is 0 Å². The van der Waals surface area contributed by atoms with Gasteiger partial charge in [0.15, 0.2) is 5.82 Å². The van der Waals surface area contributed by atoms with Gasteiger partial charge in [-0.1, -0.05) is 20.8 Å². The van der Waals surface area contributed by atoms with Crippen LogP contribution in [0.3, 0.4) is 0 Å². The van der Waals surface area contributed by atoms with Crippen molar-refractivity contribution in [2.45, 2.75) is 31.1 Å². The van der Waals surface area contributed by atoms with E-state index in [1.54, 1.807) is 6.07 Å². The molecule has 0 fully saturated rings.